The Morgan fingerprint density at radius 2 is 1.28 bits per heavy atom. The Balaban J connectivity index is 1.38. The summed E-state index contributed by atoms with van der Waals surface area (Å²) in [5.74, 6) is 1.48. The Morgan fingerprint density at radius 1 is 0.558 bits per heavy atom. The lowest BCUT2D eigenvalue weighted by atomic mass is 10.1. The van der Waals surface area contributed by atoms with Crippen molar-refractivity contribution < 1.29 is 4.42 Å². The number of benzene rings is 6. The van der Waals surface area contributed by atoms with Gasteiger partial charge in [0, 0.05) is 41.9 Å². The monoisotopic (exact) mass is 567 g/mol. The van der Waals surface area contributed by atoms with Crippen LogP contribution in [0, 0.1) is 0 Å². The van der Waals surface area contributed by atoms with E-state index in [0.717, 1.165) is 38.8 Å². The number of thiophene rings is 1. The van der Waals surface area contributed by atoms with E-state index in [9.17, 15) is 0 Å². The van der Waals surface area contributed by atoms with Gasteiger partial charge in [0.25, 0.3) is 0 Å². The summed E-state index contributed by atoms with van der Waals surface area (Å²) in [6.45, 7) is 0. The smallest absolute Gasteiger partial charge is 0.233 e. The molecule has 0 saturated carbocycles. The summed E-state index contributed by atoms with van der Waals surface area (Å²) >= 11 is 1.79. The number of nitrogens with zero attached hydrogens (tertiary/aromatic N) is 3. The van der Waals surface area contributed by atoms with E-state index in [0.29, 0.717) is 11.5 Å². The van der Waals surface area contributed by atoms with Gasteiger partial charge in [-0.25, -0.2) is 4.98 Å². The average molecular weight is 568 g/mol. The van der Waals surface area contributed by atoms with Crippen molar-refractivity contribution in [3.63, 3.8) is 0 Å². The molecule has 4 nitrogen and oxygen atoms in total. The minimum Gasteiger partial charge on any atom is -0.437 e. The molecular weight excluding hydrogens is 547 g/mol. The van der Waals surface area contributed by atoms with Crippen LogP contribution in [0.25, 0.3) is 92.0 Å². The number of hydrogen-bond donors (Lipinski definition) is 0. The van der Waals surface area contributed by atoms with Crippen molar-refractivity contribution in [2.24, 2.45) is 0 Å². The van der Waals surface area contributed by atoms with Crippen LogP contribution in [-0.4, -0.2) is 14.5 Å². The first-order valence-electron chi connectivity index (χ1n) is 14.3. The van der Waals surface area contributed by atoms with Crippen LogP contribution in [0.5, 0.6) is 0 Å². The molecule has 10 rings (SSSR count). The maximum atomic E-state index is 6.46. The molecule has 0 aliphatic rings. The van der Waals surface area contributed by atoms with Crippen LogP contribution in [0.2, 0.25) is 0 Å². The van der Waals surface area contributed by atoms with Crippen molar-refractivity contribution in [1.29, 1.82) is 0 Å². The largest absolute Gasteiger partial charge is 0.437 e. The Morgan fingerprint density at radius 3 is 2.19 bits per heavy atom. The zero-order chi connectivity index (χ0) is 28.1. The second-order valence-corrected chi connectivity index (χ2v) is 12.1. The molecule has 0 radical (unpaired) electrons. The Hall–Kier alpha value is -5.52. The normalized spacial score (nSPS) is 12.2. The van der Waals surface area contributed by atoms with E-state index in [1.165, 1.54) is 41.7 Å². The Kier molecular flexibility index (Phi) is 4.57. The molecule has 0 saturated heterocycles. The Bertz CT molecular complexity index is 2750. The minimum absolute atomic E-state index is 0.589. The molecular formula is C38H21N3OS. The predicted molar refractivity (Wildman–Crippen MR) is 179 cm³/mol. The van der Waals surface area contributed by atoms with Gasteiger partial charge in [0.1, 0.15) is 5.58 Å². The third-order valence-electron chi connectivity index (χ3n) is 8.62. The fourth-order valence-corrected chi connectivity index (χ4v) is 7.91. The van der Waals surface area contributed by atoms with Gasteiger partial charge < -0.3 is 4.42 Å². The van der Waals surface area contributed by atoms with Gasteiger partial charge >= 0.3 is 0 Å². The lowest BCUT2D eigenvalue weighted by Gasteiger charge is -2.11. The lowest BCUT2D eigenvalue weighted by Crippen LogP contribution is -2.02. The van der Waals surface area contributed by atoms with E-state index in [1.54, 1.807) is 11.3 Å². The maximum Gasteiger partial charge on any atom is 0.233 e. The molecule has 0 unspecified atom stereocenters. The first kappa shape index (κ1) is 23.1. The molecule has 5 heteroatoms. The molecule has 0 bridgehead atoms. The second-order valence-electron chi connectivity index (χ2n) is 11.0. The van der Waals surface area contributed by atoms with Crippen LogP contribution < -0.4 is 0 Å². The maximum absolute atomic E-state index is 6.46. The first-order chi connectivity index (χ1) is 21.3. The van der Waals surface area contributed by atoms with Crippen LogP contribution in [0.3, 0.4) is 0 Å². The SMILES string of the molecule is c1ccc2cc3c(cc2c1)c1ccccc1n3-c1nc(-c2cccc3c2sc2ccccc23)nc2oc3ccccc3c12. The van der Waals surface area contributed by atoms with Gasteiger partial charge in [-0.15, -0.1) is 11.3 Å². The van der Waals surface area contributed by atoms with Gasteiger partial charge in [0.2, 0.25) is 5.71 Å². The highest BCUT2D eigenvalue weighted by Crippen LogP contribution is 2.42. The molecule has 200 valence electrons. The number of furan rings is 1. The average Bonchev–Trinajstić information content (AvgIpc) is 3.72. The highest BCUT2D eigenvalue weighted by molar-refractivity contribution is 7.26. The van der Waals surface area contributed by atoms with E-state index in [4.69, 9.17) is 14.4 Å². The summed E-state index contributed by atoms with van der Waals surface area (Å²) in [7, 11) is 0. The third-order valence-corrected chi connectivity index (χ3v) is 9.84. The van der Waals surface area contributed by atoms with Crippen molar-refractivity contribution >= 4 is 86.2 Å². The van der Waals surface area contributed by atoms with Crippen molar-refractivity contribution in [2.45, 2.75) is 0 Å². The molecule has 4 heterocycles. The number of aromatic nitrogens is 3. The van der Waals surface area contributed by atoms with Crippen molar-refractivity contribution in [3.8, 4) is 17.2 Å². The summed E-state index contributed by atoms with van der Waals surface area (Å²) in [6.07, 6.45) is 0. The number of fused-ring (bicyclic) bond motifs is 10. The number of hydrogen-bond acceptors (Lipinski definition) is 4. The quantitative estimate of drug-likeness (QED) is 0.209. The van der Waals surface area contributed by atoms with E-state index in [2.05, 4.69) is 114 Å². The molecule has 0 N–H and O–H groups in total. The van der Waals surface area contributed by atoms with Gasteiger partial charge in [-0.1, -0.05) is 91.0 Å². The first-order valence-corrected chi connectivity index (χ1v) is 15.2. The fourth-order valence-electron chi connectivity index (χ4n) is 6.69. The van der Waals surface area contributed by atoms with Crippen LogP contribution in [0.15, 0.2) is 132 Å². The molecule has 0 atom stereocenters. The summed E-state index contributed by atoms with van der Waals surface area (Å²) < 4.78 is 11.2. The van der Waals surface area contributed by atoms with Crippen molar-refractivity contribution in [2.75, 3.05) is 0 Å². The zero-order valence-corrected chi connectivity index (χ0v) is 23.6. The van der Waals surface area contributed by atoms with E-state index in [-0.39, 0.29) is 0 Å². The van der Waals surface area contributed by atoms with Crippen LogP contribution in [-0.2, 0) is 0 Å². The zero-order valence-electron chi connectivity index (χ0n) is 22.8. The van der Waals surface area contributed by atoms with Gasteiger partial charge in [-0.3, -0.25) is 4.57 Å². The fraction of sp³-hybridized carbons (Fsp3) is 0. The Labute approximate surface area is 249 Å². The molecule has 0 amide bonds. The van der Waals surface area contributed by atoms with E-state index < -0.39 is 0 Å². The summed E-state index contributed by atoms with van der Waals surface area (Å²) in [6, 6.07) is 44.9. The predicted octanol–water partition coefficient (Wildman–Crippen LogP) is 10.7. The highest BCUT2D eigenvalue weighted by atomic mass is 32.1. The molecule has 4 aromatic heterocycles. The summed E-state index contributed by atoms with van der Waals surface area (Å²) in [4.78, 5) is 10.5. The molecule has 10 aromatic rings. The van der Waals surface area contributed by atoms with E-state index in [1.807, 2.05) is 18.2 Å². The molecule has 0 spiro atoms. The number of rotatable bonds is 2. The molecule has 6 aromatic carbocycles. The lowest BCUT2D eigenvalue weighted by molar-refractivity contribution is 0.653. The van der Waals surface area contributed by atoms with Crippen molar-refractivity contribution in [3.05, 3.63) is 127 Å². The van der Waals surface area contributed by atoms with Gasteiger partial charge in [0.15, 0.2) is 11.6 Å². The molecule has 43 heavy (non-hydrogen) atoms. The highest BCUT2D eigenvalue weighted by Gasteiger charge is 2.23. The van der Waals surface area contributed by atoms with Crippen LogP contribution >= 0.6 is 11.3 Å². The van der Waals surface area contributed by atoms with E-state index >= 15 is 0 Å². The standard InChI is InChI=1S/C38H21N3OS/c1-2-11-23-21-31-29(20-22(23)10-1)24-12-3-6-17-30(24)41(31)37-34-27-14-4-7-18-32(27)42-38(34)40-36(39-37)28-16-9-15-26-25-13-5-8-19-33(25)43-35(26)28/h1-21H. The second kappa shape index (κ2) is 8.51. The van der Waals surface area contributed by atoms with Gasteiger partial charge in [0.05, 0.1) is 16.4 Å². The number of para-hydroxylation sites is 2. The van der Waals surface area contributed by atoms with Gasteiger partial charge in [-0.05, 0) is 47.2 Å². The summed E-state index contributed by atoms with van der Waals surface area (Å²) in [5, 5.41) is 9.19. The van der Waals surface area contributed by atoms with Gasteiger partial charge in [-0.2, -0.15) is 4.98 Å². The van der Waals surface area contributed by atoms with Crippen LogP contribution in [0.1, 0.15) is 0 Å². The molecule has 0 aliphatic heterocycles. The molecule has 0 fully saturated rings. The molecule has 0 aliphatic carbocycles. The summed E-state index contributed by atoms with van der Waals surface area (Å²) in [5.41, 5.74) is 4.61. The minimum atomic E-state index is 0.589. The van der Waals surface area contributed by atoms with Crippen LogP contribution in [0.4, 0.5) is 0 Å². The van der Waals surface area contributed by atoms with Crippen molar-refractivity contribution in [1.82, 2.24) is 14.5 Å². The third kappa shape index (κ3) is 3.20. The topological polar surface area (TPSA) is 43.9 Å².